The molecule has 7 heteroatoms. The molecule has 0 bridgehead atoms. The van der Waals surface area contributed by atoms with Crippen molar-refractivity contribution in [3.8, 4) is 23.0 Å². The Bertz CT molecular complexity index is 907. The summed E-state index contributed by atoms with van der Waals surface area (Å²) in [6.45, 7) is 0.413. The van der Waals surface area contributed by atoms with E-state index in [0.29, 0.717) is 47.4 Å². The third kappa shape index (κ3) is 4.43. The van der Waals surface area contributed by atoms with Gasteiger partial charge in [0.2, 0.25) is 0 Å². The lowest BCUT2D eigenvalue weighted by atomic mass is 10.1. The number of nitrogens with zero attached hydrogens (tertiary/aromatic N) is 1. The number of benzene rings is 2. The van der Waals surface area contributed by atoms with Crippen molar-refractivity contribution in [2.75, 3.05) is 27.9 Å². The molecule has 1 aliphatic heterocycles. The number of carbonyl (C=O) groups is 1. The summed E-state index contributed by atoms with van der Waals surface area (Å²) in [5.41, 5.74) is 0.955. The highest BCUT2D eigenvalue weighted by atomic mass is 16.5. The number of para-hydroxylation sites is 1. The molecular formula is C21H22N2O5. The van der Waals surface area contributed by atoms with Gasteiger partial charge in [-0.25, -0.2) is 4.99 Å². The molecule has 1 aliphatic rings. The average Bonchev–Trinajstić information content (AvgIpc) is 3.07. The number of ether oxygens (including phenoxy) is 4. The lowest BCUT2D eigenvalue weighted by Crippen LogP contribution is -2.25. The molecule has 0 saturated heterocycles. The van der Waals surface area contributed by atoms with Crippen LogP contribution in [0.15, 0.2) is 53.2 Å². The van der Waals surface area contributed by atoms with E-state index in [9.17, 15) is 4.79 Å². The van der Waals surface area contributed by atoms with E-state index < -0.39 is 0 Å². The molecule has 3 rings (SSSR count). The molecule has 0 aromatic heterocycles. The largest absolute Gasteiger partial charge is 0.496 e. The molecule has 146 valence electrons. The van der Waals surface area contributed by atoms with Gasteiger partial charge < -0.3 is 24.3 Å². The maximum absolute atomic E-state index is 12.3. The van der Waals surface area contributed by atoms with E-state index in [-0.39, 0.29) is 5.91 Å². The van der Waals surface area contributed by atoms with Crippen molar-refractivity contribution in [2.45, 2.75) is 6.42 Å². The highest BCUT2D eigenvalue weighted by molar-refractivity contribution is 6.14. The minimum atomic E-state index is -0.272. The van der Waals surface area contributed by atoms with Crippen LogP contribution in [0.4, 0.5) is 0 Å². The summed E-state index contributed by atoms with van der Waals surface area (Å²) in [6.07, 6.45) is 2.14. The van der Waals surface area contributed by atoms with Crippen molar-refractivity contribution in [3.05, 3.63) is 53.7 Å². The minimum absolute atomic E-state index is 0.272. The number of amides is 1. The van der Waals surface area contributed by atoms with E-state index in [1.165, 1.54) is 0 Å². The lowest BCUT2D eigenvalue weighted by Gasteiger charge is -2.12. The van der Waals surface area contributed by atoms with Crippen LogP contribution in [-0.2, 0) is 4.79 Å². The predicted molar refractivity (Wildman–Crippen MR) is 106 cm³/mol. The highest BCUT2D eigenvalue weighted by Gasteiger charge is 2.21. The number of hydrogen-bond donors (Lipinski definition) is 1. The number of rotatable bonds is 8. The first-order valence-electron chi connectivity index (χ1n) is 8.73. The number of hydrogen-bond acceptors (Lipinski definition) is 6. The van der Waals surface area contributed by atoms with Gasteiger partial charge in [0, 0.05) is 18.1 Å². The molecule has 2 aromatic carbocycles. The second-order valence-electron chi connectivity index (χ2n) is 5.90. The Morgan fingerprint density at radius 3 is 2.32 bits per heavy atom. The molecule has 28 heavy (non-hydrogen) atoms. The fourth-order valence-corrected chi connectivity index (χ4v) is 2.73. The second-order valence-corrected chi connectivity index (χ2v) is 5.90. The molecule has 0 aliphatic carbocycles. The van der Waals surface area contributed by atoms with Gasteiger partial charge in [-0.05, 0) is 24.3 Å². The lowest BCUT2D eigenvalue weighted by molar-refractivity contribution is -0.115. The summed E-state index contributed by atoms with van der Waals surface area (Å²) < 4.78 is 21.6. The Morgan fingerprint density at radius 2 is 1.64 bits per heavy atom. The van der Waals surface area contributed by atoms with Gasteiger partial charge in [-0.3, -0.25) is 4.79 Å². The van der Waals surface area contributed by atoms with Gasteiger partial charge in [0.25, 0.3) is 5.91 Å². The molecule has 0 atom stereocenters. The van der Waals surface area contributed by atoms with Gasteiger partial charge in [0.1, 0.15) is 23.0 Å². The standard InChI is InChI=1S/C21H22N2O5/c1-25-17-13-19(27-3)18(26-2)12-14(17)11-16-21(24)23-20(22-16)9-10-28-15-7-5-4-6-8-15/h4-8,11-13H,9-10H2,1-3H3,(H,22,23,24)/b16-11-. The van der Waals surface area contributed by atoms with Crippen LogP contribution in [0.1, 0.15) is 12.0 Å². The number of nitrogens with one attached hydrogen (secondary N) is 1. The first-order valence-corrected chi connectivity index (χ1v) is 8.73. The molecule has 1 amide bonds. The van der Waals surface area contributed by atoms with E-state index in [2.05, 4.69) is 10.3 Å². The van der Waals surface area contributed by atoms with Crippen LogP contribution in [-0.4, -0.2) is 39.7 Å². The van der Waals surface area contributed by atoms with Crippen molar-refractivity contribution in [1.82, 2.24) is 5.32 Å². The van der Waals surface area contributed by atoms with Gasteiger partial charge in [0.05, 0.1) is 27.9 Å². The Labute approximate surface area is 163 Å². The molecular weight excluding hydrogens is 360 g/mol. The minimum Gasteiger partial charge on any atom is -0.496 e. The third-order valence-corrected chi connectivity index (χ3v) is 4.12. The SMILES string of the molecule is COc1cc(OC)c(OC)cc1/C=C1\N=C(CCOc2ccccc2)NC1=O. The maximum Gasteiger partial charge on any atom is 0.275 e. The van der Waals surface area contributed by atoms with Crippen LogP contribution in [0, 0.1) is 0 Å². The van der Waals surface area contributed by atoms with Crippen molar-refractivity contribution >= 4 is 17.8 Å². The number of methoxy groups -OCH3 is 3. The normalized spacial score (nSPS) is 14.5. The number of aliphatic imine (C=N–C) groups is 1. The van der Waals surface area contributed by atoms with Gasteiger partial charge in [-0.15, -0.1) is 0 Å². The summed E-state index contributed by atoms with van der Waals surface area (Å²) in [5.74, 6) is 2.69. The van der Waals surface area contributed by atoms with Crippen molar-refractivity contribution in [1.29, 1.82) is 0 Å². The van der Waals surface area contributed by atoms with Crippen molar-refractivity contribution < 1.29 is 23.7 Å². The van der Waals surface area contributed by atoms with Crippen LogP contribution < -0.4 is 24.3 Å². The smallest absolute Gasteiger partial charge is 0.275 e. The van der Waals surface area contributed by atoms with Crippen LogP contribution in [0.5, 0.6) is 23.0 Å². The topological polar surface area (TPSA) is 78.4 Å². The zero-order valence-corrected chi connectivity index (χ0v) is 16.0. The van der Waals surface area contributed by atoms with Gasteiger partial charge in [0.15, 0.2) is 11.5 Å². The van der Waals surface area contributed by atoms with E-state index in [1.807, 2.05) is 30.3 Å². The zero-order valence-electron chi connectivity index (χ0n) is 16.0. The Balaban J connectivity index is 1.75. The second kappa shape index (κ2) is 8.94. The summed E-state index contributed by atoms with van der Waals surface area (Å²) in [7, 11) is 4.65. The highest BCUT2D eigenvalue weighted by Crippen LogP contribution is 2.36. The van der Waals surface area contributed by atoms with Gasteiger partial charge in [-0.1, -0.05) is 18.2 Å². The van der Waals surface area contributed by atoms with E-state index in [1.54, 1.807) is 39.5 Å². The summed E-state index contributed by atoms with van der Waals surface area (Å²) in [5, 5.41) is 2.77. The van der Waals surface area contributed by atoms with Gasteiger partial charge >= 0.3 is 0 Å². The fraction of sp³-hybridized carbons (Fsp3) is 0.238. The van der Waals surface area contributed by atoms with Gasteiger partial charge in [-0.2, -0.15) is 0 Å². The van der Waals surface area contributed by atoms with E-state index in [4.69, 9.17) is 18.9 Å². The predicted octanol–water partition coefficient (Wildman–Crippen LogP) is 3.05. The molecule has 1 N–H and O–H groups in total. The molecule has 2 aromatic rings. The molecule has 0 radical (unpaired) electrons. The molecule has 0 unspecified atom stereocenters. The third-order valence-electron chi connectivity index (χ3n) is 4.12. The molecule has 0 saturated carbocycles. The summed E-state index contributed by atoms with van der Waals surface area (Å²) in [6, 6.07) is 12.9. The number of amidine groups is 1. The fourth-order valence-electron chi connectivity index (χ4n) is 2.73. The van der Waals surface area contributed by atoms with Crippen LogP contribution in [0.2, 0.25) is 0 Å². The van der Waals surface area contributed by atoms with Crippen LogP contribution in [0.3, 0.4) is 0 Å². The number of carbonyl (C=O) groups excluding carboxylic acids is 1. The molecule has 1 heterocycles. The van der Waals surface area contributed by atoms with Crippen LogP contribution in [0.25, 0.3) is 6.08 Å². The van der Waals surface area contributed by atoms with Crippen molar-refractivity contribution in [2.24, 2.45) is 4.99 Å². The molecule has 0 spiro atoms. The van der Waals surface area contributed by atoms with E-state index in [0.717, 1.165) is 5.75 Å². The Morgan fingerprint density at radius 1 is 0.964 bits per heavy atom. The Kier molecular flexibility index (Phi) is 6.16. The molecule has 7 nitrogen and oxygen atoms in total. The summed E-state index contributed by atoms with van der Waals surface area (Å²) >= 11 is 0. The summed E-state index contributed by atoms with van der Waals surface area (Å²) in [4.78, 5) is 16.6. The quantitative estimate of drug-likeness (QED) is 0.710. The zero-order chi connectivity index (χ0) is 19.9. The Hall–Kier alpha value is -3.48. The average molecular weight is 382 g/mol. The monoisotopic (exact) mass is 382 g/mol. The molecule has 0 fully saturated rings. The maximum atomic E-state index is 12.3. The van der Waals surface area contributed by atoms with Crippen LogP contribution >= 0.6 is 0 Å². The van der Waals surface area contributed by atoms with Crippen molar-refractivity contribution in [3.63, 3.8) is 0 Å². The first kappa shape index (κ1) is 19.3. The first-order chi connectivity index (χ1) is 13.6. The van der Waals surface area contributed by atoms with E-state index >= 15 is 0 Å².